The van der Waals surface area contributed by atoms with E-state index in [0.717, 1.165) is 13.1 Å². The van der Waals surface area contributed by atoms with Crippen molar-refractivity contribution < 1.29 is 27.5 Å². The highest BCUT2D eigenvalue weighted by atomic mass is 32.2. The Morgan fingerprint density at radius 1 is 0.875 bits per heavy atom. The predicted octanol–water partition coefficient (Wildman–Crippen LogP) is 3.60. The number of carbonyl (C=O) groups is 2. The molecule has 0 aromatic heterocycles. The molecule has 0 radical (unpaired) electrons. The Hall–Kier alpha value is -4.09. The van der Waals surface area contributed by atoms with Crippen LogP contribution in [0.3, 0.4) is 0 Å². The minimum absolute atomic E-state index is 0.0232. The van der Waals surface area contributed by atoms with Gasteiger partial charge in [0.2, 0.25) is 0 Å². The minimum atomic E-state index is -3.82. The van der Waals surface area contributed by atoms with E-state index >= 15 is 0 Å². The monoisotopic (exact) mass is 566 g/mol. The molecule has 40 heavy (non-hydrogen) atoms. The van der Waals surface area contributed by atoms with Crippen molar-refractivity contribution in [3.8, 4) is 11.5 Å². The summed E-state index contributed by atoms with van der Waals surface area (Å²) in [5.74, 6) is 0.639. The molecule has 2 N–H and O–H groups in total. The van der Waals surface area contributed by atoms with Crippen molar-refractivity contribution in [2.75, 3.05) is 56.5 Å². The van der Waals surface area contributed by atoms with Crippen LogP contribution in [-0.4, -0.2) is 76.5 Å². The smallest absolute Gasteiger partial charge is 0.262 e. The molecule has 0 aliphatic carbocycles. The largest absolute Gasteiger partial charge is 0.494 e. The zero-order valence-corrected chi connectivity index (χ0v) is 23.7. The highest BCUT2D eigenvalue weighted by Gasteiger charge is 2.20. The van der Waals surface area contributed by atoms with Crippen LogP contribution in [0.15, 0.2) is 71.6 Å². The van der Waals surface area contributed by atoms with E-state index in [1.807, 2.05) is 18.9 Å². The molecule has 0 spiro atoms. The van der Waals surface area contributed by atoms with Gasteiger partial charge in [-0.2, -0.15) is 0 Å². The standard InChI is InChI=1S/C29H34N4O6S/c1-4-38-25-11-9-24(10-12-25)31-40(36,37)26-13-14-27(21(2)19-26)39-20-28(34)30-23-7-5-22(6-8-23)29(35)33-17-15-32(3)16-18-33/h5-14,19,31H,4,15-18,20H2,1-3H3,(H,30,34). The van der Waals surface area contributed by atoms with Crippen LogP contribution < -0.4 is 19.5 Å². The van der Waals surface area contributed by atoms with Crippen LogP contribution in [0.5, 0.6) is 11.5 Å². The van der Waals surface area contributed by atoms with Gasteiger partial charge in [-0.05, 0) is 93.2 Å². The second-order valence-corrected chi connectivity index (χ2v) is 11.2. The first-order valence-corrected chi connectivity index (χ1v) is 14.5. The number of nitrogens with one attached hydrogen (secondary N) is 2. The molecule has 1 saturated heterocycles. The van der Waals surface area contributed by atoms with Crippen molar-refractivity contribution in [3.05, 3.63) is 77.9 Å². The number of piperazine rings is 1. The Kier molecular flexibility index (Phi) is 9.28. The van der Waals surface area contributed by atoms with Gasteiger partial charge in [0.25, 0.3) is 21.8 Å². The quantitative estimate of drug-likeness (QED) is 0.385. The van der Waals surface area contributed by atoms with E-state index in [1.54, 1.807) is 55.5 Å². The number of nitrogens with zero attached hydrogens (tertiary/aromatic N) is 2. The SMILES string of the molecule is CCOc1ccc(NS(=O)(=O)c2ccc(OCC(=O)Nc3ccc(C(=O)N4CCN(C)CC4)cc3)c(C)c2)cc1. The number of benzene rings is 3. The van der Waals surface area contributed by atoms with E-state index in [1.165, 1.54) is 18.2 Å². The molecule has 1 aliphatic heterocycles. The number of amides is 2. The summed E-state index contributed by atoms with van der Waals surface area (Å²) in [4.78, 5) is 29.2. The minimum Gasteiger partial charge on any atom is -0.494 e. The van der Waals surface area contributed by atoms with Crippen LogP contribution in [0.4, 0.5) is 11.4 Å². The third-order valence-electron chi connectivity index (χ3n) is 6.44. The van der Waals surface area contributed by atoms with Crippen LogP contribution >= 0.6 is 0 Å². The summed E-state index contributed by atoms with van der Waals surface area (Å²) in [6.07, 6.45) is 0. The van der Waals surface area contributed by atoms with E-state index in [4.69, 9.17) is 9.47 Å². The molecule has 1 aliphatic rings. The van der Waals surface area contributed by atoms with Gasteiger partial charge in [-0.15, -0.1) is 0 Å². The second kappa shape index (κ2) is 12.8. The van der Waals surface area contributed by atoms with Crippen LogP contribution in [0, 0.1) is 6.92 Å². The molecule has 0 unspecified atom stereocenters. The Morgan fingerprint density at radius 2 is 1.52 bits per heavy atom. The van der Waals surface area contributed by atoms with E-state index in [0.29, 0.717) is 53.7 Å². The Bertz CT molecular complexity index is 1430. The average Bonchev–Trinajstić information content (AvgIpc) is 2.94. The number of hydrogen-bond acceptors (Lipinski definition) is 7. The second-order valence-electron chi connectivity index (χ2n) is 9.50. The van der Waals surface area contributed by atoms with Gasteiger partial charge in [-0.1, -0.05) is 0 Å². The topological polar surface area (TPSA) is 117 Å². The van der Waals surface area contributed by atoms with E-state index < -0.39 is 10.0 Å². The lowest BCUT2D eigenvalue weighted by Gasteiger charge is -2.32. The zero-order chi connectivity index (χ0) is 28.7. The van der Waals surface area contributed by atoms with Crippen molar-refractivity contribution in [1.82, 2.24) is 9.80 Å². The third kappa shape index (κ3) is 7.51. The fraction of sp³-hybridized carbons (Fsp3) is 0.310. The van der Waals surface area contributed by atoms with E-state index in [9.17, 15) is 18.0 Å². The molecule has 3 aromatic carbocycles. The van der Waals surface area contributed by atoms with Crippen LogP contribution in [0.25, 0.3) is 0 Å². The van der Waals surface area contributed by atoms with Gasteiger partial charge in [-0.3, -0.25) is 14.3 Å². The van der Waals surface area contributed by atoms with Crippen molar-refractivity contribution >= 4 is 33.2 Å². The first kappa shape index (κ1) is 28.9. The number of ether oxygens (including phenoxy) is 2. The molecule has 10 nitrogen and oxygen atoms in total. The molecule has 3 aromatic rings. The van der Waals surface area contributed by atoms with Gasteiger partial charge in [0.15, 0.2) is 6.61 Å². The average molecular weight is 567 g/mol. The Labute approximate surface area is 234 Å². The molecular weight excluding hydrogens is 532 g/mol. The van der Waals surface area contributed by atoms with E-state index in [2.05, 4.69) is 14.9 Å². The molecule has 1 heterocycles. The first-order chi connectivity index (χ1) is 19.1. The Morgan fingerprint density at radius 3 is 2.15 bits per heavy atom. The number of anilines is 2. The molecular formula is C29H34N4O6S. The number of carbonyl (C=O) groups excluding carboxylic acids is 2. The molecule has 1 fully saturated rings. The highest BCUT2D eigenvalue weighted by Crippen LogP contribution is 2.25. The summed E-state index contributed by atoms with van der Waals surface area (Å²) in [7, 11) is -1.79. The molecule has 2 amide bonds. The maximum Gasteiger partial charge on any atom is 0.262 e. The molecule has 0 bridgehead atoms. The third-order valence-corrected chi connectivity index (χ3v) is 7.82. The number of likely N-dealkylation sites (N-methyl/N-ethyl adjacent to an activating group) is 1. The highest BCUT2D eigenvalue weighted by molar-refractivity contribution is 7.92. The normalized spacial score (nSPS) is 13.9. The van der Waals surface area contributed by atoms with Crippen LogP contribution in [0.1, 0.15) is 22.8 Å². The van der Waals surface area contributed by atoms with Crippen molar-refractivity contribution in [3.63, 3.8) is 0 Å². The summed E-state index contributed by atoms with van der Waals surface area (Å²) in [6, 6.07) is 17.8. The maximum absolute atomic E-state index is 12.8. The lowest BCUT2D eigenvalue weighted by atomic mass is 10.1. The predicted molar refractivity (Wildman–Crippen MR) is 154 cm³/mol. The summed E-state index contributed by atoms with van der Waals surface area (Å²) < 4.78 is 39.2. The molecule has 0 atom stereocenters. The lowest BCUT2D eigenvalue weighted by molar-refractivity contribution is -0.118. The summed E-state index contributed by atoms with van der Waals surface area (Å²) >= 11 is 0. The Balaban J connectivity index is 1.29. The lowest BCUT2D eigenvalue weighted by Crippen LogP contribution is -2.47. The van der Waals surface area contributed by atoms with E-state index in [-0.39, 0.29) is 23.3 Å². The molecule has 0 saturated carbocycles. The summed E-state index contributed by atoms with van der Waals surface area (Å²) in [5.41, 5.74) is 2.09. The maximum atomic E-state index is 12.8. The number of rotatable bonds is 10. The van der Waals surface area contributed by atoms with Crippen molar-refractivity contribution in [2.24, 2.45) is 0 Å². The van der Waals surface area contributed by atoms with Gasteiger partial charge in [0.1, 0.15) is 11.5 Å². The van der Waals surface area contributed by atoms with Crippen molar-refractivity contribution in [2.45, 2.75) is 18.7 Å². The molecule has 4 rings (SSSR count). The van der Waals surface area contributed by atoms with Gasteiger partial charge in [0, 0.05) is 43.1 Å². The van der Waals surface area contributed by atoms with Gasteiger partial charge in [-0.25, -0.2) is 8.42 Å². The van der Waals surface area contributed by atoms with Gasteiger partial charge in [0.05, 0.1) is 11.5 Å². The number of aryl methyl sites for hydroxylation is 1. The number of hydrogen-bond donors (Lipinski definition) is 2. The summed E-state index contributed by atoms with van der Waals surface area (Å²) in [5, 5.41) is 2.75. The molecule has 11 heteroatoms. The fourth-order valence-corrected chi connectivity index (χ4v) is 5.32. The van der Waals surface area contributed by atoms with Crippen LogP contribution in [-0.2, 0) is 14.8 Å². The zero-order valence-electron chi connectivity index (χ0n) is 22.8. The van der Waals surface area contributed by atoms with Gasteiger partial charge >= 0.3 is 0 Å². The van der Waals surface area contributed by atoms with Crippen LogP contribution in [0.2, 0.25) is 0 Å². The first-order valence-electron chi connectivity index (χ1n) is 13.0. The van der Waals surface area contributed by atoms with Gasteiger partial charge < -0.3 is 24.6 Å². The molecule has 212 valence electrons. The fourth-order valence-electron chi connectivity index (χ4n) is 4.18. The number of sulfonamides is 1. The van der Waals surface area contributed by atoms with Crippen molar-refractivity contribution in [1.29, 1.82) is 0 Å². The summed E-state index contributed by atoms with van der Waals surface area (Å²) in [6.45, 7) is 6.91.